The van der Waals surface area contributed by atoms with Gasteiger partial charge in [0.25, 0.3) is 0 Å². The van der Waals surface area contributed by atoms with Crippen molar-refractivity contribution >= 4 is 0 Å². The van der Waals surface area contributed by atoms with Gasteiger partial charge in [0.05, 0.1) is 12.3 Å². The average molecular weight is 277 g/mol. The highest BCUT2D eigenvalue weighted by Crippen LogP contribution is 2.32. The molecule has 0 aromatic carbocycles. The standard InChI is InChI=1S/C16H27N3O/c1-12(2)18-8-5-13(6-9-18)15-10-19-7-3-4-14(11-20)16(19)17-15/h10,12-14,20H,3-9,11H2,1-2H3. The van der Waals surface area contributed by atoms with E-state index >= 15 is 0 Å². The van der Waals surface area contributed by atoms with Gasteiger partial charge >= 0.3 is 0 Å². The van der Waals surface area contributed by atoms with E-state index in [4.69, 9.17) is 4.98 Å². The topological polar surface area (TPSA) is 41.3 Å². The number of aromatic nitrogens is 2. The second kappa shape index (κ2) is 5.86. The summed E-state index contributed by atoms with van der Waals surface area (Å²) < 4.78 is 2.29. The molecule has 0 spiro atoms. The predicted molar refractivity (Wildman–Crippen MR) is 80.0 cm³/mol. The van der Waals surface area contributed by atoms with Crippen LogP contribution in [0.4, 0.5) is 0 Å². The van der Waals surface area contributed by atoms with Crippen LogP contribution < -0.4 is 0 Å². The van der Waals surface area contributed by atoms with Gasteiger partial charge < -0.3 is 14.6 Å². The summed E-state index contributed by atoms with van der Waals surface area (Å²) in [5.41, 5.74) is 1.27. The number of piperidine rings is 1. The summed E-state index contributed by atoms with van der Waals surface area (Å²) in [7, 11) is 0. The summed E-state index contributed by atoms with van der Waals surface area (Å²) in [6, 6.07) is 0.657. The van der Waals surface area contributed by atoms with Crippen molar-refractivity contribution in [1.29, 1.82) is 0 Å². The molecular weight excluding hydrogens is 250 g/mol. The summed E-state index contributed by atoms with van der Waals surface area (Å²) in [6.45, 7) is 8.25. The molecule has 0 amide bonds. The Hall–Kier alpha value is -0.870. The number of aliphatic hydroxyl groups excluding tert-OH is 1. The Morgan fingerprint density at radius 2 is 2.00 bits per heavy atom. The first-order valence-electron chi connectivity index (χ1n) is 8.11. The van der Waals surface area contributed by atoms with Crippen molar-refractivity contribution in [3.05, 3.63) is 17.7 Å². The molecule has 2 aliphatic heterocycles. The summed E-state index contributed by atoms with van der Waals surface area (Å²) in [5.74, 6) is 2.00. The number of likely N-dealkylation sites (tertiary alicyclic amines) is 1. The highest BCUT2D eigenvalue weighted by Gasteiger charge is 2.27. The Morgan fingerprint density at radius 3 is 2.65 bits per heavy atom. The lowest BCUT2D eigenvalue weighted by Gasteiger charge is -2.33. The number of rotatable bonds is 3. The van der Waals surface area contributed by atoms with Gasteiger partial charge in [-0.25, -0.2) is 4.98 Å². The van der Waals surface area contributed by atoms with Gasteiger partial charge in [0.15, 0.2) is 0 Å². The van der Waals surface area contributed by atoms with Crippen LogP contribution >= 0.6 is 0 Å². The van der Waals surface area contributed by atoms with E-state index < -0.39 is 0 Å². The van der Waals surface area contributed by atoms with E-state index in [0.717, 1.165) is 18.8 Å². The fourth-order valence-electron chi connectivity index (χ4n) is 3.67. The van der Waals surface area contributed by atoms with Gasteiger partial charge in [-0.15, -0.1) is 0 Å². The van der Waals surface area contributed by atoms with Crippen LogP contribution in [0.5, 0.6) is 0 Å². The predicted octanol–water partition coefficient (Wildman–Crippen LogP) is 2.34. The number of hydrogen-bond donors (Lipinski definition) is 1. The maximum Gasteiger partial charge on any atom is 0.114 e. The van der Waals surface area contributed by atoms with Crippen molar-refractivity contribution in [3.8, 4) is 0 Å². The lowest BCUT2D eigenvalue weighted by molar-refractivity contribution is 0.171. The molecule has 3 rings (SSSR count). The number of aryl methyl sites for hydroxylation is 1. The van der Waals surface area contributed by atoms with Crippen LogP contribution in [0.2, 0.25) is 0 Å². The molecule has 1 unspecified atom stereocenters. The summed E-state index contributed by atoms with van der Waals surface area (Å²) >= 11 is 0. The van der Waals surface area contributed by atoms with E-state index in [-0.39, 0.29) is 12.5 Å². The zero-order valence-electron chi connectivity index (χ0n) is 12.8. The minimum Gasteiger partial charge on any atom is -0.396 e. The molecular formula is C16H27N3O. The molecule has 0 bridgehead atoms. The van der Waals surface area contributed by atoms with E-state index in [1.165, 1.54) is 38.0 Å². The summed E-state index contributed by atoms with van der Waals surface area (Å²) in [6.07, 6.45) is 6.95. The van der Waals surface area contributed by atoms with Gasteiger partial charge in [-0.3, -0.25) is 0 Å². The van der Waals surface area contributed by atoms with Crippen molar-refractivity contribution in [2.75, 3.05) is 19.7 Å². The van der Waals surface area contributed by atoms with E-state index in [2.05, 4.69) is 29.5 Å². The molecule has 1 fully saturated rings. The zero-order chi connectivity index (χ0) is 14.1. The van der Waals surface area contributed by atoms with Crippen molar-refractivity contribution in [1.82, 2.24) is 14.5 Å². The summed E-state index contributed by atoms with van der Waals surface area (Å²) in [4.78, 5) is 7.44. The fraction of sp³-hybridized carbons (Fsp3) is 0.812. The summed E-state index contributed by atoms with van der Waals surface area (Å²) in [5, 5.41) is 9.49. The van der Waals surface area contributed by atoms with Crippen LogP contribution in [0, 0.1) is 0 Å². The third kappa shape index (κ3) is 2.63. The molecule has 112 valence electrons. The molecule has 3 heterocycles. The normalized spacial score (nSPS) is 25.1. The Kier molecular flexibility index (Phi) is 4.13. The first-order valence-corrected chi connectivity index (χ1v) is 8.11. The Bertz CT molecular complexity index is 447. The number of aliphatic hydroxyl groups is 1. The molecule has 4 nitrogen and oxygen atoms in total. The van der Waals surface area contributed by atoms with Crippen LogP contribution in [0.15, 0.2) is 6.20 Å². The van der Waals surface area contributed by atoms with E-state index in [1.807, 2.05) is 0 Å². The average Bonchev–Trinajstić information content (AvgIpc) is 2.91. The highest BCUT2D eigenvalue weighted by atomic mass is 16.3. The van der Waals surface area contributed by atoms with Crippen molar-refractivity contribution in [2.45, 2.75) is 64.0 Å². The molecule has 20 heavy (non-hydrogen) atoms. The van der Waals surface area contributed by atoms with Crippen LogP contribution in [0.3, 0.4) is 0 Å². The number of hydrogen-bond acceptors (Lipinski definition) is 3. The van der Waals surface area contributed by atoms with Gasteiger partial charge in [0.1, 0.15) is 5.82 Å². The van der Waals surface area contributed by atoms with Gasteiger partial charge in [-0.2, -0.15) is 0 Å². The van der Waals surface area contributed by atoms with Gasteiger partial charge in [0, 0.05) is 30.6 Å². The lowest BCUT2D eigenvalue weighted by atomic mass is 9.93. The minimum atomic E-state index is 0.238. The second-order valence-electron chi connectivity index (χ2n) is 6.64. The smallest absolute Gasteiger partial charge is 0.114 e. The van der Waals surface area contributed by atoms with Gasteiger partial charge in [-0.1, -0.05) is 0 Å². The van der Waals surface area contributed by atoms with Crippen LogP contribution in [0.1, 0.15) is 62.9 Å². The van der Waals surface area contributed by atoms with E-state index in [9.17, 15) is 5.11 Å². The molecule has 0 radical (unpaired) electrons. The van der Waals surface area contributed by atoms with E-state index in [1.54, 1.807) is 0 Å². The first kappa shape index (κ1) is 14.1. The van der Waals surface area contributed by atoms with Crippen LogP contribution in [-0.4, -0.2) is 45.3 Å². The third-order valence-corrected chi connectivity index (χ3v) is 5.04. The third-order valence-electron chi connectivity index (χ3n) is 5.04. The molecule has 1 N–H and O–H groups in total. The molecule has 0 aliphatic carbocycles. The second-order valence-corrected chi connectivity index (χ2v) is 6.64. The lowest BCUT2D eigenvalue weighted by Crippen LogP contribution is -2.37. The molecule has 1 saturated heterocycles. The first-order chi connectivity index (χ1) is 9.69. The molecule has 1 atom stereocenters. The minimum absolute atomic E-state index is 0.238. The molecule has 1 aromatic rings. The highest BCUT2D eigenvalue weighted by molar-refractivity contribution is 5.15. The zero-order valence-corrected chi connectivity index (χ0v) is 12.8. The Labute approximate surface area is 121 Å². The van der Waals surface area contributed by atoms with Crippen LogP contribution in [0.25, 0.3) is 0 Å². The van der Waals surface area contributed by atoms with Crippen molar-refractivity contribution in [3.63, 3.8) is 0 Å². The number of fused-ring (bicyclic) bond motifs is 1. The van der Waals surface area contributed by atoms with Crippen molar-refractivity contribution in [2.24, 2.45) is 0 Å². The maximum absolute atomic E-state index is 9.49. The maximum atomic E-state index is 9.49. The SMILES string of the molecule is CC(C)N1CCC(c2cn3c(n2)C(CO)CCC3)CC1. The van der Waals surface area contributed by atoms with E-state index in [0.29, 0.717) is 12.0 Å². The molecule has 0 saturated carbocycles. The quantitative estimate of drug-likeness (QED) is 0.922. The van der Waals surface area contributed by atoms with Crippen molar-refractivity contribution < 1.29 is 5.11 Å². The van der Waals surface area contributed by atoms with Gasteiger partial charge in [0.2, 0.25) is 0 Å². The Morgan fingerprint density at radius 1 is 1.25 bits per heavy atom. The van der Waals surface area contributed by atoms with Gasteiger partial charge in [-0.05, 0) is 52.6 Å². The van der Waals surface area contributed by atoms with Crippen LogP contribution in [-0.2, 0) is 6.54 Å². The molecule has 4 heteroatoms. The number of imidazole rings is 1. The molecule has 1 aromatic heterocycles. The largest absolute Gasteiger partial charge is 0.396 e. The Balaban J connectivity index is 1.71. The fourth-order valence-corrected chi connectivity index (χ4v) is 3.67. The number of nitrogens with zero attached hydrogens (tertiary/aromatic N) is 3. The monoisotopic (exact) mass is 277 g/mol. The molecule has 2 aliphatic rings.